The summed E-state index contributed by atoms with van der Waals surface area (Å²) in [4.78, 5) is 33.7. The molecule has 0 radical (unpaired) electrons. The number of carboxylic acid groups (broad SMARTS) is 1. The lowest BCUT2D eigenvalue weighted by molar-refractivity contribution is -0.140. The molecule has 0 saturated heterocycles. The number of nitrogens with one attached hydrogen (secondary N) is 2. The van der Waals surface area contributed by atoms with Gasteiger partial charge in [-0.05, 0) is 27.2 Å². The largest absolute Gasteiger partial charge is 0.480 e. The standard InChI is InChI=1S/C13H24N2O6/c1-5-6-8(15-12(20)21-13(2,3)4)10(18)11(19)14-7-9(16)17/h8,10,18H,5-7H2,1-4H3,(H,14,19)(H,15,20)(H,16,17)/t8-,10?/m0/s1. The quantitative estimate of drug-likeness (QED) is 0.534. The molecule has 0 aromatic rings. The maximum Gasteiger partial charge on any atom is 0.407 e. The third kappa shape index (κ3) is 8.85. The van der Waals surface area contributed by atoms with Crippen LogP contribution in [0.5, 0.6) is 0 Å². The fraction of sp³-hybridized carbons (Fsp3) is 0.769. The van der Waals surface area contributed by atoms with Gasteiger partial charge in [-0.15, -0.1) is 0 Å². The Kier molecular flexibility index (Phi) is 7.72. The predicted molar refractivity (Wildman–Crippen MR) is 74.7 cm³/mol. The predicted octanol–water partition coefficient (Wildman–Crippen LogP) is 0.242. The second-order valence-electron chi connectivity index (χ2n) is 5.60. The first-order valence-electron chi connectivity index (χ1n) is 6.74. The highest BCUT2D eigenvalue weighted by atomic mass is 16.6. The summed E-state index contributed by atoms with van der Waals surface area (Å²) < 4.78 is 5.06. The monoisotopic (exact) mass is 304 g/mol. The molecule has 0 aliphatic carbocycles. The van der Waals surface area contributed by atoms with E-state index >= 15 is 0 Å². The molecule has 122 valence electrons. The van der Waals surface area contributed by atoms with Crippen molar-refractivity contribution in [1.82, 2.24) is 10.6 Å². The van der Waals surface area contributed by atoms with E-state index in [2.05, 4.69) is 10.6 Å². The van der Waals surface area contributed by atoms with Gasteiger partial charge in [-0.3, -0.25) is 9.59 Å². The number of amides is 2. The van der Waals surface area contributed by atoms with Gasteiger partial charge in [0, 0.05) is 0 Å². The second-order valence-corrected chi connectivity index (χ2v) is 5.60. The summed E-state index contributed by atoms with van der Waals surface area (Å²) in [5, 5.41) is 22.9. The van der Waals surface area contributed by atoms with Crippen LogP contribution in [-0.2, 0) is 14.3 Å². The molecular weight excluding hydrogens is 280 g/mol. The second kappa shape index (κ2) is 8.46. The Hall–Kier alpha value is -1.83. The molecule has 0 bridgehead atoms. The van der Waals surface area contributed by atoms with Crippen LogP contribution in [0.15, 0.2) is 0 Å². The van der Waals surface area contributed by atoms with Crippen LogP contribution < -0.4 is 10.6 Å². The van der Waals surface area contributed by atoms with Crippen molar-refractivity contribution >= 4 is 18.0 Å². The fourth-order valence-corrected chi connectivity index (χ4v) is 1.53. The summed E-state index contributed by atoms with van der Waals surface area (Å²) in [6, 6.07) is -0.848. The molecule has 0 aromatic carbocycles. The summed E-state index contributed by atoms with van der Waals surface area (Å²) in [6.07, 6.45) is -1.33. The molecule has 8 nitrogen and oxygen atoms in total. The Morgan fingerprint density at radius 3 is 2.24 bits per heavy atom. The van der Waals surface area contributed by atoms with Crippen molar-refractivity contribution in [2.45, 2.75) is 58.3 Å². The molecule has 0 spiro atoms. The van der Waals surface area contributed by atoms with Crippen molar-refractivity contribution in [1.29, 1.82) is 0 Å². The molecule has 0 saturated carbocycles. The third-order valence-corrected chi connectivity index (χ3v) is 2.37. The molecule has 4 N–H and O–H groups in total. The number of hydrogen-bond donors (Lipinski definition) is 4. The van der Waals surface area contributed by atoms with Crippen molar-refractivity contribution < 1.29 is 29.3 Å². The molecular formula is C13H24N2O6. The Balaban J connectivity index is 4.61. The number of ether oxygens (including phenoxy) is 1. The number of rotatable bonds is 7. The van der Waals surface area contributed by atoms with Gasteiger partial charge in [0.15, 0.2) is 6.10 Å². The third-order valence-electron chi connectivity index (χ3n) is 2.37. The highest BCUT2D eigenvalue weighted by molar-refractivity contribution is 5.85. The van der Waals surface area contributed by atoms with E-state index in [-0.39, 0.29) is 0 Å². The van der Waals surface area contributed by atoms with E-state index in [4.69, 9.17) is 9.84 Å². The van der Waals surface area contributed by atoms with Crippen LogP contribution in [0.1, 0.15) is 40.5 Å². The van der Waals surface area contributed by atoms with Gasteiger partial charge in [0.2, 0.25) is 0 Å². The zero-order valence-electron chi connectivity index (χ0n) is 12.8. The summed E-state index contributed by atoms with van der Waals surface area (Å²) in [6.45, 7) is 6.30. The Bertz CT molecular complexity index is 377. The molecule has 0 aliphatic heterocycles. The minimum atomic E-state index is -1.54. The molecule has 8 heteroatoms. The highest BCUT2D eigenvalue weighted by Crippen LogP contribution is 2.09. The molecule has 21 heavy (non-hydrogen) atoms. The lowest BCUT2D eigenvalue weighted by atomic mass is 10.1. The maximum absolute atomic E-state index is 11.7. The Morgan fingerprint density at radius 1 is 1.24 bits per heavy atom. The first-order chi connectivity index (χ1) is 9.56. The zero-order valence-corrected chi connectivity index (χ0v) is 12.8. The van der Waals surface area contributed by atoms with Crippen LogP contribution in [-0.4, -0.2) is 52.5 Å². The van der Waals surface area contributed by atoms with Crippen LogP contribution in [0, 0.1) is 0 Å². The Morgan fingerprint density at radius 2 is 1.81 bits per heavy atom. The fourth-order valence-electron chi connectivity index (χ4n) is 1.53. The van der Waals surface area contributed by atoms with Crippen LogP contribution in [0.3, 0.4) is 0 Å². The number of alkyl carbamates (subject to hydrolysis) is 1. The van der Waals surface area contributed by atoms with Gasteiger partial charge in [0.1, 0.15) is 12.1 Å². The topological polar surface area (TPSA) is 125 Å². The highest BCUT2D eigenvalue weighted by Gasteiger charge is 2.28. The van der Waals surface area contributed by atoms with Crippen molar-refractivity contribution in [2.24, 2.45) is 0 Å². The van der Waals surface area contributed by atoms with E-state index in [9.17, 15) is 19.5 Å². The molecule has 0 fully saturated rings. The molecule has 0 heterocycles. The molecule has 0 aliphatic rings. The van der Waals surface area contributed by atoms with Crippen molar-refractivity contribution in [3.63, 3.8) is 0 Å². The normalized spacial score (nSPS) is 14.0. The number of aliphatic hydroxyl groups is 1. The number of hydrogen-bond acceptors (Lipinski definition) is 5. The smallest absolute Gasteiger partial charge is 0.407 e. The van der Waals surface area contributed by atoms with Gasteiger partial charge in [-0.1, -0.05) is 13.3 Å². The molecule has 2 atom stereocenters. The van der Waals surface area contributed by atoms with Crippen molar-refractivity contribution in [2.75, 3.05) is 6.54 Å². The first kappa shape index (κ1) is 19.2. The summed E-state index contributed by atoms with van der Waals surface area (Å²) in [5.74, 6) is -2.07. The van der Waals surface area contributed by atoms with Gasteiger partial charge >= 0.3 is 12.1 Å². The van der Waals surface area contributed by atoms with Gasteiger partial charge < -0.3 is 25.6 Å². The summed E-state index contributed by atoms with van der Waals surface area (Å²) >= 11 is 0. The maximum atomic E-state index is 11.7. The van der Waals surface area contributed by atoms with Crippen LogP contribution in [0.2, 0.25) is 0 Å². The SMILES string of the molecule is CCC[C@H](NC(=O)OC(C)(C)C)C(O)C(=O)NCC(=O)O. The number of aliphatic hydroxyl groups excluding tert-OH is 1. The van der Waals surface area contributed by atoms with Crippen molar-refractivity contribution in [3.05, 3.63) is 0 Å². The summed E-state index contributed by atoms with van der Waals surface area (Å²) in [7, 11) is 0. The van der Waals surface area contributed by atoms with E-state index < -0.39 is 42.3 Å². The van der Waals surface area contributed by atoms with Gasteiger partial charge in [-0.2, -0.15) is 0 Å². The van der Waals surface area contributed by atoms with Gasteiger partial charge in [0.25, 0.3) is 5.91 Å². The van der Waals surface area contributed by atoms with Crippen molar-refractivity contribution in [3.8, 4) is 0 Å². The van der Waals surface area contributed by atoms with E-state index in [1.54, 1.807) is 20.8 Å². The van der Waals surface area contributed by atoms with E-state index in [0.29, 0.717) is 12.8 Å². The molecule has 0 rings (SSSR count). The number of carboxylic acids is 1. The first-order valence-corrected chi connectivity index (χ1v) is 6.74. The lowest BCUT2D eigenvalue weighted by Crippen LogP contribution is -2.52. The van der Waals surface area contributed by atoms with Crippen LogP contribution >= 0.6 is 0 Å². The molecule has 0 aromatic heterocycles. The average molecular weight is 304 g/mol. The van der Waals surface area contributed by atoms with Gasteiger partial charge in [-0.25, -0.2) is 4.79 Å². The van der Waals surface area contributed by atoms with E-state index in [1.165, 1.54) is 0 Å². The average Bonchev–Trinajstić information content (AvgIpc) is 2.32. The zero-order chi connectivity index (χ0) is 16.6. The number of carbonyl (C=O) groups is 3. The molecule has 2 amide bonds. The Labute approximate surface area is 123 Å². The molecule has 1 unspecified atom stereocenters. The number of carbonyl (C=O) groups excluding carboxylic acids is 2. The van der Waals surface area contributed by atoms with Gasteiger partial charge in [0.05, 0.1) is 6.04 Å². The minimum Gasteiger partial charge on any atom is -0.480 e. The van der Waals surface area contributed by atoms with Crippen LogP contribution in [0.4, 0.5) is 4.79 Å². The van der Waals surface area contributed by atoms with E-state index in [0.717, 1.165) is 0 Å². The van der Waals surface area contributed by atoms with E-state index in [1.807, 2.05) is 6.92 Å². The minimum absolute atomic E-state index is 0.348. The van der Waals surface area contributed by atoms with Crippen LogP contribution in [0.25, 0.3) is 0 Å². The summed E-state index contributed by atoms with van der Waals surface area (Å²) in [5.41, 5.74) is -0.697. The lowest BCUT2D eigenvalue weighted by Gasteiger charge is -2.25. The number of aliphatic carboxylic acids is 1.